The lowest BCUT2D eigenvalue weighted by Crippen LogP contribution is -2.44. The Hall–Kier alpha value is -3.85. The van der Waals surface area contributed by atoms with Gasteiger partial charge in [-0.25, -0.2) is 9.59 Å². The van der Waals surface area contributed by atoms with Crippen molar-refractivity contribution >= 4 is 12.1 Å². The van der Waals surface area contributed by atoms with Crippen LogP contribution in [0.2, 0.25) is 0 Å². The second-order valence-corrected chi connectivity index (χ2v) is 8.53. The zero-order valence-electron chi connectivity index (χ0n) is 19.4. The molecule has 1 amide bonds. The van der Waals surface area contributed by atoms with Crippen molar-refractivity contribution in [3.8, 4) is 11.1 Å². The van der Waals surface area contributed by atoms with E-state index in [1.807, 2.05) is 48.5 Å². The number of benzene rings is 3. The maximum Gasteiger partial charge on any atom is 0.522 e. The quantitative estimate of drug-likeness (QED) is 0.437. The Morgan fingerprint density at radius 2 is 1.53 bits per heavy atom. The van der Waals surface area contributed by atoms with E-state index in [9.17, 15) is 27.9 Å². The third-order valence-electron chi connectivity index (χ3n) is 6.20. The highest BCUT2D eigenvalue weighted by atomic mass is 19.4. The van der Waals surface area contributed by atoms with Gasteiger partial charge in [-0.3, -0.25) is 9.64 Å². The monoisotopic (exact) mass is 499 g/mol. The second kappa shape index (κ2) is 10.4. The fraction of sp³-hybridized carbons (Fsp3) is 0.259. The molecule has 188 valence electrons. The average Bonchev–Trinajstić information content (AvgIpc) is 3.17. The Balaban J connectivity index is 1.43. The third kappa shape index (κ3) is 5.68. The molecule has 0 bridgehead atoms. The van der Waals surface area contributed by atoms with Gasteiger partial charge in [0, 0.05) is 19.4 Å². The minimum absolute atomic E-state index is 0.0355. The zero-order valence-corrected chi connectivity index (χ0v) is 19.4. The molecule has 0 spiro atoms. The SMILES string of the molecule is CN(C(=O)OCC1c2ccccc2-c2ccccc21)[C@@H](Cc1cccc(COC(F)(F)F)c1)C(=O)O. The summed E-state index contributed by atoms with van der Waals surface area (Å²) in [6, 6.07) is 20.4. The molecule has 1 atom stereocenters. The lowest BCUT2D eigenvalue weighted by molar-refractivity contribution is -0.330. The molecular formula is C27H24F3NO5. The number of hydrogen-bond donors (Lipinski definition) is 1. The fourth-order valence-corrected chi connectivity index (χ4v) is 4.45. The average molecular weight is 499 g/mol. The van der Waals surface area contributed by atoms with Gasteiger partial charge in [0.1, 0.15) is 12.6 Å². The van der Waals surface area contributed by atoms with Gasteiger partial charge in [0.15, 0.2) is 0 Å². The van der Waals surface area contributed by atoms with E-state index in [1.165, 1.54) is 25.2 Å². The van der Waals surface area contributed by atoms with Crippen LogP contribution in [0.4, 0.5) is 18.0 Å². The number of fused-ring (bicyclic) bond motifs is 3. The van der Waals surface area contributed by atoms with E-state index in [2.05, 4.69) is 4.74 Å². The summed E-state index contributed by atoms with van der Waals surface area (Å²) in [5, 5.41) is 9.75. The first-order valence-electron chi connectivity index (χ1n) is 11.2. The minimum Gasteiger partial charge on any atom is -0.480 e. The lowest BCUT2D eigenvalue weighted by atomic mass is 9.98. The standard InChI is InChI=1S/C27H24F3NO5/c1-31(24(25(32)33)14-17-7-6-8-18(13-17)15-36-27(28,29)30)26(34)35-16-23-21-11-4-2-9-19(21)20-10-3-5-12-22(20)23/h2-13,23-24H,14-16H2,1H3,(H,32,33)/t24-/m0/s1. The van der Waals surface area contributed by atoms with Gasteiger partial charge >= 0.3 is 18.4 Å². The molecule has 4 rings (SSSR count). The Morgan fingerprint density at radius 3 is 2.11 bits per heavy atom. The molecular weight excluding hydrogens is 475 g/mol. The largest absolute Gasteiger partial charge is 0.522 e. The van der Waals surface area contributed by atoms with Crippen molar-refractivity contribution in [2.75, 3.05) is 13.7 Å². The van der Waals surface area contributed by atoms with Gasteiger partial charge in [-0.1, -0.05) is 72.8 Å². The highest BCUT2D eigenvalue weighted by molar-refractivity contribution is 5.81. The van der Waals surface area contributed by atoms with E-state index in [-0.39, 0.29) is 24.5 Å². The van der Waals surface area contributed by atoms with Crippen molar-refractivity contribution in [3.63, 3.8) is 0 Å². The molecule has 0 unspecified atom stereocenters. The number of rotatable bonds is 8. The van der Waals surface area contributed by atoms with Crippen LogP contribution in [0, 0.1) is 0 Å². The second-order valence-electron chi connectivity index (χ2n) is 8.53. The summed E-state index contributed by atoms with van der Waals surface area (Å²) >= 11 is 0. The molecule has 6 nitrogen and oxygen atoms in total. The first-order chi connectivity index (χ1) is 17.1. The molecule has 0 radical (unpaired) electrons. The van der Waals surface area contributed by atoms with Gasteiger partial charge < -0.3 is 9.84 Å². The summed E-state index contributed by atoms with van der Waals surface area (Å²) in [6.07, 6.45) is -5.69. The molecule has 0 saturated carbocycles. The molecule has 0 aliphatic heterocycles. The van der Waals surface area contributed by atoms with Crippen LogP contribution < -0.4 is 0 Å². The third-order valence-corrected chi connectivity index (χ3v) is 6.20. The number of carbonyl (C=O) groups is 2. The summed E-state index contributed by atoms with van der Waals surface area (Å²) in [7, 11) is 1.33. The van der Waals surface area contributed by atoms with Crippen LogP contribution in [-0.4, -0.2) is 48.1 Å². The van der Waals surface area contributed by atoms with Gasteiger partial charge in [0.2, 0.25) is 0 Å². The van der Waals surface area contributed by atoms with Crippen molar-refractivity contribution in [2.45, 2.75) is 31.3 Å². The van der Waals surface area contributed by atoms with Gasteiger partial charge in [-0.05, 0) is 33.4 Å². The predicted octanol–water partition coefficient (Wildman–Crippen LogP) is 5.60. The lowest BCUT2D eigenvalue weighted by Gasteiger charge is -2.25. The van der Waals surface area contributed by atoms with Crippen LogP contribution in [-0.2, 0) is 27.3 Å². The first kappa shape index (κ1) is 25.2. The Bertz CT molecular complexity index is 1210. The van der Waals surface area contributed by atoms with Crippen LogP contribution in [0.15, 0.2) is 72.8 Å². The van der Waals surface area contributed by atoms with E-state index in [0.717, 1.165) is 27.2 Å². The van der Waals surface area contributed by atoms with Gasteiger partial charge in [-0.15, -0.1) is 13.2 Å². The van der Waals surface area contributed by atoms with E-state index < -0.39 is 31.1 Å². The number of carbonyl (C=O) groups excluding carboxylic acids is 1. The number of amides is 1. The number of nitrogens with zero attached hydrogens (tertiary/aromatic N) is 1. The highest BCUT2D eigenvalue weighted by Gasteiger charge is 2.32. The van der Waals surface area contributed by atoms with E-state index >= 15 is 0 Å². The smallest absolute Gasteiger partial charge is 0.480 e. The molecule has 9 heteroatoms. The molecule has 1 N–H and O–H groups in total. The Kier molecular flexibility index (Phi) is 7.30. The fourth-order valence-electron chi connectivity index (χ4n) is 4.45. The number of hydrogen-bond acceptors (Lipinski definition) is 4. The van der Waals surface area contributed by atoms with Crippen LogP contribution in [0.1, 0.15) is 28.2 Å². The Labute approximate surface area is 205 Å². The first-order valence-corrected chi connectivity index (χ1v) is 11.2. The van der Waals surface area contributed by atoms with E-state index in [0.29, 0.717) is 5.56 Å². The van der Waals surface area contributed by atoms with E-state index in [4.69, 9.17) is 4.74 Å². The van der Waals surface area contributed by atoms with Crippen molar-refractivity contribution in [1.82, 2.24) is 4.90 Å². The number of ether oxygens (including phenoxy) is 2. The van der Waals surface area contributed by atoms with Crippen LogP contribution in [0.5, 0.6) is 0 Å². The van der Waals surface area contributed by atoms with E-state index in [1.54, 1.807) is 6.07 Å². The van der Waals surface area contributed by atoms with Crippen LogP contribution in [0.3, 0.4) is 0 Å². The molecule has 0 heterocycles. The number of halogens is 3. The maximum absolute atomic E-state index is 12.8. The van der Waals surface area contributed by atoms with Gasteiger partial charge in [0.25, 0.3) is 0 Å². The minimum atomic E-state index is -4.77. The summed E-state index contributed by atoms with van der Waals surface area (Å²) in [6.45, 7) is -0.662. The number of carboxylic acids is 1. The molecule has 36 heavy (non-hydrogen) atoms. The summed E-state index contributed by atoms with van der Waals surface area (Å²) in [4.78, 5) is 25.8. The topological polar surface area (TPSA) is 76.1 Å². The molecule has 0 aromatic heterocycles. The molecule has 0 saturated heterocycles. The van der Waals surface area contributed by atoms with Crippen molar-refractivity contribution in [3.05, 3.63) is 95.1 Å². The van der Waals surface area contributed by atoms with Crippen molar-refractivity contribution in [1.29, 1.82) is 0 Å². The maximum atomic E-state index is 12.8. The molecule has 1 aliphatic carbocycles. The molecule has 3 aromatic carbocycles. The Morgan fingerprint density at radius 1 is 0.944 bits per heavy atom. The normalized spacial score (nSPS) is 13.6. The summed E-state index contributed by atoms with van der Waals surface area (Å²) in [5.74, 6) is -1.44. The van der Waals surface area contributed by atoms with Gasteiger partial charge in [0.05, 0.1) is 6.61 Å². The van der Waals surface area contributed by atoms with Crippen LogP contribution in [0.25, 0.3) is 11.1 Å². The molecule has 0 fully saturated rings. The van der Waals surface area contributed by atoms with Crippen LogP contribution >= 0.6 is 0 Å². The number of likely N-dealkylation sites (N-methyl/N-ethyl adjacent to an activating group) is 1. The predicted molar refractivity (Wildman–Crippen MR) is 125 cm³/mol. The number of carboxylic acid groups (broad SMARTS) is 1. The molecule has 3 aromatic rings. The summed E-state index contributed by atoms with van der Waals surface area (Å²) in [5.41, 5.74) is 4.88. The molecule has 1 aliphatic rings. The van der Waals surface area contributed by atoms with Crippen molar-refractivity contribution < 1.29 is 37.3 Å². The van der Waals surface area contributed by atoms with Gasteiger partial charge in [-0.2, -0.15) is 0 Å². The number of aliphatic carboxylic acids is 1. The summed E-state index contributed by atoms with van der Waals surface area (Å²) < 4.78 is 46.4. The zero-order chi connectivity index (χ0) is 25.9. The number of alkyl halides is 3. The highest BCUT2D eigenvalue weighted by Crippen LogP contribution is 2.44. The van der Waals surface area contributed by atoms with Crippen molar-refractivity contribution in [2.24, 2.45) is 0 Å².